The second-order valence-corrected chi connectivity index (χ2v) is 6.97. The van der Waals surface area contributed by atoms with Crippen LogP contribution < -0.4 is 10.6 Å². The lowest BCUT2D eigenvalue weighted by Crippen LogP contribution is -2.11. The molecule has 29 heavy (non-hydrogen) atoms. The molecule has 0 radical (unpaired) electrons. The number of H-pyrrole nitrogens is 1. The summed E-state index contributed by atoms with van der Waals surface area (Å²) in [6.45, 7) is 3.99. The predicted molar refractivity (Wildman–Crippen MR) is 117 cm³/mol. The number of hydrogen-bond acceptors (Lipinski definition) is 4. The van der Waals surface area contributed by atoms with E-state index >= 15 is 0 Å². The van der Waals surface area contributed by atoms with E-state index in [1.165, 1.54) is 0 Å². The fourth-order valence-corrected chi connectivity index (χ4v) is 3.26. The number of hydrogen-bond donors (Lipinski definition) is 3. The molecule has 1 amide bonds. The minimum atomic E-state index is 0.0138. The molecular weight excluding hydrogens is 362 g/mol. The lowest BCUT2D eigenvalue weighted by atomic mass is 10.1. The molecule has 4 rings (SSSR count). The first-order valence-electron chi connectivity index (χ1n) is 9.71. The van der Waals surface area contributed by atoms with E-state index in [9.17, 15) is 4.79 Å². The van der Waals surface area contributed by atoms with Crippen molar-refractivity contribution in [1.29, 1.82) is 0 Å². The third-order valence-electron chi connectivity index (χ3n) is 4.77. The van der Waals surface area contributed by atoms with Crippen LogP contribution in [0.25, 0.3) is 22.2 Å². The molecule has 3 N–H and O–H groups in total. The molecule has 146 valence electrons. The maximum absolute atomic E-state index is 11.9. The van der Waals surface area contributed by atoms with Gasteiger partial charge in [-0.25, -0.2) is 9.97 Å². The average Bonchev–Trinajstić information content (AvgIpc) is 3.15. The highest BCUT2D eigenvalue weighted by Crippen LogP contribution is 2.28. The van der Waals surface area contributed by atoms with Gasteiger partial charge >= 0.3 is 0 Å². The van der Waals surface area contributed by atoms with E-state index in [0.717, 1.165) is 45.5 Å². The summed E-state index contributed by atoms with van der Waals surface area (Å²) in [4.78, 5) is 24.2. The van der Waals surface area contributed by atoms with Crippen molar-refractivity contribution in [2.24, 2.45) is 0 Å². The van der Waals surface area contributed by atoms with Crippen LogP contribution in [0.5, 0.6) is 0 Å². The van der Waals surface area contributed by atoms with Crippen molar-refractivity contribution >= 4 is 34.1 Å². The molecule has 0 fully saturated rings. The van der Waals surface area contributed by atoms with Crippen molar-refractivity contribution in [2.75, 3.05) is 10.6 Å². The van der Waals surface area contributed by atoms with Crippen molar-refractivity contribution in [2.45, 2.75) is 26.7 Å². The van der Waals surface area contributed by atoms with Gasteiger partial charge in [-0.1, -0.05) is 31.2 Å². The number of benzene rings is 2. The van der Waals surface area contributed by atoms with Gasteiger partial charge in [0.05, 0.1) is 5.69 Å². The summed E-state index contributed by atoms with van der Waals surface area (Å²) >= 11 is 0. The Morgan fingerprint density at radius 1 is 1.14 bits per heavy atom. The van der Waals surface area contributed by atoms with E-state index in [0.29, 0.717) is 12.4 Å². The third-order valence-corrected chi connectivity index (χ3v) is 4.77. The molecule has 4 aromatic rings. The van der Waals surface area contributed by atoms with Crippen LogP contribution in [-0.2, 0) is 4.79 Å². The van der Waals surface area contributed by atoms with Gasteiger partial charge in [0, 0.05) is 46.7 Å². The molecule has 0 aliphatic rings. The summed E-state index contributed by atoms with van der Waals surface area (Å²) in [7, 11) is 0. The Hall–Kier alpha value is -3.67. The van der Waals surface area contributed by atoms with Gasteiger partial charge in [-0.15, -0.1) is 0 Å². The molecule has 2 aromatic carbocycles. The van der Waals surface area contributed by atoms with Gasteiger partial charge in [0.25, 0.3) is 0 Å². The molecule has 6 nitrogen and oxygen atoms in total. The van der Waals surface area contributed by atoms with Crippen LogP contribution in [-0.4, -0.2) is 20.9 Å². The van der Waals surface area contributed by atoms with E-state index in [-0.39, 0.29) is 5.91 Å². The summed E-state index contributed by atoms with van der Waals surface area (Å²) in [5.41, 5.74) is 5.59. The van der Waals surface area contributed by atoms with Crippen molar-refractivity contribution in [1.82, 2.24) is 15.0 Å². The minimum absolute atomic E-state index is 0.0138. The summed E-state index contributed by atoms with van der Waals surface area (Å²) in [5, 5.41) is 7.33. The number of aromatic amines is 1. The van der Waals surface area contributed by atoms with Crippen molar-refractivity contribution in [3.05, 3.63) is 66.5 Å². The number of amides is 1. The number of fused-ring (bicyclic) bond motifs is 1. The van der Waals surface area contributed by atoms with Gasteiger partial charge in [-0.05, 0) is 43.2 Å². The van der Waals surface area contributed by atoms with Gasteiger partial charge in [0.2, 0.25) is 11.9 Å². The third kappa shape index (κ3) is 4.11. The maximum atomic E-state index is 11.9. The standard InChI is InChI=1S/C23H23N5O/c1-3-6-22(29)26-16-10-9-15(2)21(13-16)28-23-24-12-11-20(27-23)18-14-25-19-8-5-4-7-17(18)19/h4-5,7-14,25H,3,6H2,1-2H3,(H,26,29)(H,24,27,28). The summed E-state index contributed by atoms with van der Waals surface area (Å²) in [6, 6.07) is 15.8. The molecule has 0 atom stereocenters. The number of para-hydroxylation sites is 1. The number of nitrogens with one attached hydrogen (secondary N) is 3. The highest BCUT2D eigenvalue weighted by atomic mass is 16.1. The lowest BCUT2D eigenvalue weighted by Gasteiger charge is -2.12. The fourth-order valence-electron chi connectivity index (χ4n) is 3.26. The van der Waals surface area contributed by atoms with E-state index in [1.54, 1.807) is 6.20 Å². The van der Waals surface area contributed by atoms with Gasteiger partial charge in [0.1, 0.15) is 0 Å². The summed E-state index contributed by atoms with van der Waals surface area (Å²) in [5.74, 6) is 0.521. The average molecular weight is 385 g/mol. The molecule has 0 bridgehead atoms. The molecule has 0 spiro atoms. The monoisotopic (exact) mass is 385 g/mol. The number of aryl methyl sites for hydroxylation is 1. The van der Waals surface area contributed by atoms with Crippen LogP contribution >= 0.6 is 0 Å². The Labute approximate surface area is 169 Å². The normalized spacial score (nSPS) is 10.8. The summed E-state index contributed by atoms with van der Waals surface area (Å²) in [6.07, 6.45) is 5.03. The van der Waals surface area contributed by atoms with Crippen LogP contribution in [0.3, 0.4) is 0 Å². The maximum Gasteiger partial charge on any atom is 0.227 e. The second kappa shape index (κ2) is 8.14. The number of rotatable bonds is 6. The number of carbonyl (C=O) groups excluding carboxylic acids is 1. The molecule has 6 heteroatoms. The largest absolute Gasteiger partial charge is 0.360 e. The first kappa shape index (κ1) is 18.7. The SMILES string of the molecule is CCCC(=O)Nc1ccc(C)c(Nc2nccc(-c3c[nH]c4ccccc34)n2)c1. The van der Waals surface area contributed by atoms with Crippen LogP contribution in [0.15, 0.2) is 60.9 Å². The van der Waals surface area contributed by atoms with E-state index in [2.05, 4.69) is 26.7 Å². The van der Waals surface area contributed by atoms with Crippen molar-refractivity contribution < 1.29 is 4.79 Å². The highest BCUT2D eigenvalue weighted by molar-refractivity contribution is 5.94. The number of anilines is 3. The molecule has 0 aliphatic carbocycles. The van der Waals surface area contributed by atoms with Crippen LogP contribution in [0, 0.1) is 6.92 Å². The van der Waals surface area contributed by atoms with Gasteiger partial charge in [-0.3, -0.25) is 4.79 Å². The van der Waals surface area contributed by atoms with Gasteiger partial charge < -0.3 is 15.6 Å². The first-order valence-corrected chi connectivity index (χ1v) is 9.71. The Morgan fingerprint density at radius 3 is 2.86 bits per heavy atom. The Morgan fingerprint density at radius 2 is 2.00 bits per heavy atom. The van der Waals surface area contributed by atoms with Crippen LogP contribution in [0.4, 0.5) is 17.3 Å². The van der Waals surface area contributed by atoms with Crippen LogP contribution in [0.2, 0.25) is 0 Å². The topological polar surface area (TPSA) is 82.7 Å². The zero-order valence-corrected chi connectivity index (χ0v) is 16.5. The van der Waals surface area contributed by atoms with E-state index in [1.807, 2.05) is 62.5 Å². The zero-order valence-electron chi connectivity index (χ0n) is 16.5. The molecule has 0 saturated heterocycles. The van der Waals surface area contributed by atoms with Gasteiger partial charge in [-0.2, -0.15) is 0 Å². The molecule has 0 saturated carbocycles. The molecule has 2 aromatic heterocycles. The second-order valence-electron chi connectivity index (χ2n) is 6.97. The molecule has 2 heterocycles. The Balaban J connectivity index is 1.60. The first-order chi connectivity index (χ1) is 14.1. The Bertz CT molecular complexity index is 1160. The predicted octanol–water partition coefficient (Wildman–Crippen LogP) is 5.42. The van der Waals surface area contributed by atoms with E-state index in [4.69, 9.17) is 4.98 Å². The minimum Gasteiger partial charge on any atom is -0.360 e. The zero-order chi connectivity index (χ0) is 20.2. The smallest absolute Gasteiger partial charge is 0.227 e. The fraction of sp³-hybridized carbons (Fsp3) is 0.174. The summed E-state index contributed by atoms with van der Waals surface area (Å²) < 4.78 is 0. The molecule has 0 unspecified atom stereocenters. The lowest BCUT2D eigenvalue weighted by molar-refractivity contribution is -0.116. The van der Waals surface area contributed by atoms with Crippen LogP contribution in [0.1, 0.15) is 25.3 Å². The highest BCUT2D eigenvalue weighted by Gasteiger charge is 2.10. The number of nitrogens with zero attached hydrogens (tertiary/aromatic N) is 2. The molecular formula is C23H23N5O. The Kier molecular flexibility index (Phi) is 5.24. The van der Waals surface area contributed by atoms with Crippen molar-refractivity contribution in [3.8, 4) is 11.3 Å². The number of aromatic nitrogens is 3. The van der Waals surface area contributed by atoms with E-state index < -0.39 is 0 Å². The quantitative estimate of drug-likeness (QED) is 0.414. The van der Waals surface area contributed by atoms with Gasteiger partial charge in [0.15, 0.2) is 0 Å². The molecule has 0 aliphatic heterocycles. The van der Waals surface area contributed by atoms with Crippen molar-refractivity contribution in [3.63, 3.8) is 0 Å². The number of carbonyl (C=O) groups is 1.